The molecule has 0 spiro atoms. The van der Waals surface area contributed by atoms with Crippen LogP contribution in [0.2, 0.25) is 5.02 Å². The fraction of sp³-hybridized carbons (Fsp3) is 0.200. The molecule has 84 valence electrons. The van der Waals surface area contributed by atoms with Gasteiger partial charge in [0.25, 0.3) is 0 Å². The Bertz CT molecular complexity index is 468. The van der Waals surface area contributed by atoms with Crippen molar-refractivity contribution in [3.63, 3.8) is 0 Å². The number of nitrogens with zero attached hydrogens (tertiary/aromatic N) is 3. The van der Waals surface area contributed by atoms with Gasteiger partial charge in [-0.05, 0) is 6.07 Å². The molecule has 0 aliphatic rings. The van der Waals surface area contributed by atoms with E-state index in [2.05, 4.69) is 15.4 Å². The van der Waals surface area contributed by atoms with Gasteiger partial charge in [-0.25, -0.2) is 0 Å². The molecule has 0 unspecified atom stereocenters. The minimum absolute atomic E-state index is 0.613. The highest BCUT2D eigenvalue weighted by Gasteiger charge is 1.98. The summed E-state index contributed by atoms with van der Waals surface area (Å²) in [5.74, 6) is 0. The topological polar surface area (TPSA) is 68.8 Å². The van der Waals surface area contributed by atoms with Crippen LogP contribution in [0.4, 0.5) is 11.4 Å². The highest BCUT2D eigenvalue weighted by atomic mass is 35.5. The van der Waals surface area contributed by atoms with Gasteiger partial charge >= 0.3 is 0 Å². The number of nitrogens with two attached hydrogens (primary N) is 1. The standard InChI is InChI=1S/C10H12ClN5/c11-9-6-13-2-1-10(9)14-3-4-16-7-8(12)5-15-16/h1-2,5-7H,3-4,12H2,(H,13,14). The summed E-state index contributed by atoms with van der Waals surface area (Å²) in [6.07, 6.45) is 6.71. The number of anilines is 2. The predicted molar refractivity (Wildman–Crippen MR) is 64.4 cm³/mol. The van der Waals surface area contributed by atoms with Crippen molar-refractivity contribution in [2.75, 3.05) is 17.6 Å². The zero-order valence-corrected chi connectivity index (χ0v) is 9.35. The molecule has 3 N–H and O–H groups in total. The van der Waals surface area contributed by atoms with Crippen LogP contribution < -0.4 is 11.1 Å². The van der Waals surface area contributed by atoms with E-state index in [9.17, 15) is 0 Å². The molecule has 2 heterocycles. The van der Waals surface area contributed by atoms with E-state index in [0.29, 0.717) is 10.7 Å². The van der Waals surface area contributed by atoms with E-state index in [1.54, 1.807) is 29.5 Å². The molecule has 0 radical (unpaired) electrons. The van der Waals surface area contributed by atoms with Crippen LogP contribution in [0.1, 0.15) is 0 Å². The second-order valence-electron chi connectivity index (χ2n) is 3.32. The number of nitrogen functional groups attached to an aromatic ring is 1. The third-order valence-corrected chi connectivity index (χ3v) is 2.38. The molecule has 0 saturated carbocycles. The van der Waals surface area contributed by atoms with Crippen molar-refractivity contribution in [3.8, 4) is 0 Å². The summed E-state index contributed by atoms with van der Waals surface area (Å²) in [5.41, 5.74) is 7.09. The molecule has 2 rings (SSSR count). The molecule has 0 aliphatic carbocycles. The SMILES string of the molecule is Nc1cnn(CCNc2ccncc2Cl)c1. The fourth-order valence-electron chi connectivity index (χ4n) is 1.33. The smallest absolute Gasteiger partial charge is 0.0820 e. The minimum atomic E-state index is 0.613. The number of hydrogen-bond donors (Lipinski definition) is 2. The first-order chi connectivity index (χ1) is 7.75. The lowest BCUT2D eigenvalue weighted by Gasteiger charge is -2.07. The Balaban J connectivity index is 1.87. The molecule has 0 saturated heterocycles. The average Bonchev–Trinajstić information content (AvgIpc) is 2.67. The van der Waals surface area contributed by atoms with Crippen LogP contribution in [0.15, 0.2) is 30.9 Å². The highest BCUT2D eigenvalue weighted by Crippen LogP contribution is 2.18. The molecule has 6 heteroatoms. The second-order valence-corrected chi connectivity index (χ2v) is 3.73. The van der Waals surface area contributed by atoms with E-state index in [0.717, 1.165) is 18.8 Å². The van der Waals surface area contributed by atoms with Gasteiger partial charge < -0.3 is 11.1 Å². The van der Waals surface area contributed by atoms with Gasteiger partial charge in [-0.3, -0.25) is 9.67 Å². The molecule has 0 aliphatic heterocycles. The van der Waals surface area contributed by atoms with E-state index in [-0.39, 0.29) is 0 Å². The molecule has 0 bridgehead atoms. The zero-order chi connectivity index (χ0) is 11.4. The Morgan fingerprint density at radius 3 is 3.00 bits per heavy atom. The van der Waals surface area contributed by atoms with Crippen molar-refractivity contribution < 1.29 is 0 Å². The van der Waals surface area contributed by atoms with E-state index in [4.69, 9.17) is 17.3 Å². The van der Waals surface area contributed by atoms with Crippen molar-refractivity contribution in [2.45, 2.75) is 6.54 Å². The van der Waals surface area contributed by atoms with Gasteiger partial charge in [-0.1, -0.05) is 11.6 Å². The number of nitrogens with one attached hydrogen (secondary N) is 1. The lowest BCUT2D eigenvalue weighted by molar-refractivity contribution is 0.638. The maximum atomic E-state index is 5.94. The Hall–Kier alpha value is -1.75. The van der Waals surface area contributed by atoms with Crippen molar-refractivity contribution in [2.24, 2.45) is 0 Å². The summed E-state index contributed by atoms with van der Waals surface area (Å²) in [5, 5.41) is 7.89. The van der Waals surface area contributed by atoms with Crippen LogP contribution in [-0.2, 0) is 6.54 Å². The Morgan fingerprint density at radius 1 is 1.44 bits per heavy atom. The first-order valence-electron chi connectivity index (χ1n) is 4.87. The number of pyridine rings is 1. The molecule has 0 fully saturated rings. The van der Waals surface area contributed by atoms with Gasteiger partial charge in [-0.15, -0.1) is 0 Å². The summed E-state index contributed by atoms with van der Waals surface area (Å²) in [6.45, 7) is 1.46. The molecule has 16 heavy (non-hydrogen) atoms. The molecule has 5 nitrogen and oxygen atoms in total. The Labute approximate surface area is 98.2 Å². The Kier molecular flexibility index (Phi) is 3.26. The lowest BCUT2D eigenvalue weighted by atomic mass is 10.4. The normalized spacial score (nSPS) is 10.3. The van der Waals surface area contributed by atoms with Gasteiger partial charge in [0, 0.05) is 25.1 Å². The number of aromatic nitrogens is 3. The largest absolute Gasteiger partial charge is 0.396 e. The van der Waals surface area contributed by atoms with Gasteiger partial charge in [-0.2, -0.15) is 5.10 Å². The van der Waals surface area contributed by atoms with Crippen LogP contribution >= 0.6 is 11.6 Å². The first-order valence-corrected chi connectivity index (χ1v) is 5.25. The number of halogens is 1. The first kappa shape index (κ1) is 10.8. The lowest BCUT2D eigenvalue weighted by Crippen LogP contribution is -2.11. The fourth-order valence-corrected chi connectivity index (χ4v) is 1.51. The summed E-state index contributed by atoms with van der Waals surface area (Å²) in [7, 11) is 0. The van der Waals surface area contributed by atoms with Crippen LogP contribution in [-0.4, -0.2) is 21.3 Å². The van der Waals surface area contributed by atoms with Crippen molar-refractivity contribution in [3.05, 3.63) is 35.9 Å². The summed E-state index contributed by atoms with van der Waals surface area (Å²) >= 11 is 5.94. The predicted octanol–water partition coefficient (Wildman–Crippen LogP) is 1.63. The highest BCUT2D eigenvalue weighted by molar-refractivity contribution is 6.33. The Morgan fingerprint density at radius 2 is 2.31 bits per heavy atom. The van der Waals surface area contributed by atoms with Gasteiger partial charge in [0.1, 0.15) is 0 Å². The quantitative estimate of drug-likeness (QED) is 0.848. The average molecular weight is 238 g/mol. The maximum absolute atomic E-state index is 5.94. The maximum Gasteiger partial charge on any atom is 0.0820 e. The molecule has 0 aromatic carbocycles. The second kappa shape index (κ2) is 4.85. The van der Waals surface area contributed by atoms with Crippen LogP contribution in [0.5, 0.6) is 0 Å². The van der Waals surface area contributed by atoms with Crippen molar-refractivity contribution >= 4 is 23.0 Å². The molecular formula is C10H12ClN5. The molecule has 0 atom stereocenters. The van der Waals surface area contributed by atoms with Crippen molar-refractivity contribution in [1.82, 2.24) is 14.8 Å². The van der Waals surface area contributed by atoms with E-state index < -0.39 is 0 Å². The van der Waals surface area contributed by atoms with Gasteiger partial charge in [0.2, 0.25) is 0 Å². The summed E-state index contributed by atoms with van der Waals surface area (Å²) < 4.78 is 1.78. The van der Waals surface area contributed by atoms with Crippen LogP contribution in [0.3, 0.4) is 0 Å². The van der Waals surface area contributed by atoms with E-state index >= 15 is 0 Å². The molecule has 0 amide bonds. The minimum Gasteiger partial charge on any atom is -0.396 e. The van der Waals surface area contributed by atoms with Gasteiger partial charge in [0.15, 0.2) is 0 Å². The molecule has 2 aromatic heterocycles. The number of hydrogen-bond acceptors (Lipinski definition) is 4. The van der Waals surface area contributed by atoms with E-state index in [1.807, 2.05) is 6.07 Å². The summed E-state index contributed by atoms with van der Waals surface area (Å²) in [6, 6.07) is 1.83. The summed E-state index contributed by atoms with van der Waals surface area (Å²) in [4.78, 5) is 3.91. The zero-order valence-electron chi connectivity index (χ0n) is 8.60. The van der Waals surface area contributed by atoms with Gasteiger partial charge in [0.05, 0.1) is 29.1 Å². The number of rotatable bonds is 4. The van der Waals surface area contributed by atoms with Crippen LogP contribution in [0, 0.1) is 0 Å². The third kappa shape index (κ3) is 2.64. The van der Waals surface area contributed by atoms with Crippen molar-refractivity contribution in [1.29, 1.82) is 0 Å². The van der Waals surface area contributed by atoms with Crippen LogP contribution in [0.25, 0.3) is 0 Å². The molecular weight excluding hydrogens is 226 g/mol. The molecule has 2 aromatic rings. The monoisotopic (exact) mass is 237 g/mol. The third-order valence-electron chi connectivity index (χ3n) is 2.08. The van der Waals surface area contributed by atoms with E-state index in [1.165, 1.54) is 0 Å².